The number of ether oxygens (including phenoxy) is 1. The van der Waals surface area contributed by atoms with Gasteiger partial charge in [0.25, 0.3) is 0 Å². The quantitative estimate of drug-likeness (QED) is 0.460. The number of aromatic nitrogens is 2. The third-order valence-electron chi connectivity index (χ3n) is 3.55. The van der Waals surface area contributed by atoms with Crippen molar-refractivity contribution in [3.63, 3.8) is 0 Å². The van der Waals surface area contributed by atoms with E-state index in [0.717, 1.165) is 0 Å². The van der Waals surface area contributed by atoms with Crippen LogP contribution in [0.4, 0.5) is 4.39 Å². The average Bonchev–Trinajstić information content (AvgIpc) is 2.96. The van der Waals surface area contributed by atoms with E-state index >= 15 is 0 Å². The Kier molecular flexibility index (Phi) is 6.49. The predicted molar refractivity (Wildman–Crippen MR) is 88.5 cm³/mol. The fourth-order valence-corrected chi connectivity index (χ4v) is 3.07. The summed E-state index contributed by atoms with van der Waals surface area (Å²) >= 11 is 6.16. The molecule has 3 aromatic rings. The first kappa shape index (κ1) is 20.9. The van der Waals surface area contributed by atoms with Crippen molar-refractivity contribution < 1.29 is 51.7 Å². The molecule has 0 spiro atoms. The van der Waals surface area contributed by atoms with Gasteiger partial charge in [0, 0.05) is 11.3 Å². The van der Waals surface area contributed by atoms with Gasteiger partial charge >= 0.3 is 29.6 Å². The first-order chi connectivity index (χ1) is 11.8. The van der Waals surface area contributed by atoms with Gasteiger partial charge in [0.15, 0.2) is 16.7 Å². The Bertz CT molecular complexity index is 1040. The van der Waals surface area contributed by atoms with E-state index in [1.165, 1.54) is 55.9 Å². The standard InChI is InChI=1S/C16H12ClFN2O4S.Na/c1-24-14-8-10(2-7-13(14)18)15-16(17)19-9-20(15)11-3-5-12(6-4-11)25(21,22)23;/h2-9H,1H3,(H,21,22,23);/q;+1/p-1. The maximum atomic E-state index is 13.6. The normalized spacial score (nSPS) is 11.1. The Morgan fingerprint density at radius 3 is 2.42 bits per heavy atom. The number of hydrogen-bond acceptors (Lipinski definition) is 5. The summed E-state index contributed by atoms with van der Waals surface area (Å²) in [6.07, 6.45) is 1.44. The molecule has 1 heterocycles. The molecule has 0 bridgehead atoms. The molecule has 0 fully saturated rings. The first-order valence-electron chi connectivity index (χ1n) is 6.94. The maximum Gasteiger partial charge on any atom is 1.00 e. The van der Waals surface area contributed by atoms with Crippen molar-refractivity contribution in [2.75, 3.05) is 7.11 Å². The van der Waals surface area contributed by atoms with E-state index in [-0.39, 0.29) is 45.4 Å². The molecular weight excluding hydrogens is 394 g/mol. The molecule has 10 heteroatoms. The van der Waals surface area contributed by atoms with Gasteiger partial charge in [-0.1, -0.05) is 11.6 Å². The van der Waals surface area contributed by atoms with Crippen LogP contribution in [0.15, 0.2) is 53.7 Å². The average molecular weight is 405 g/mol. The minimum atomic E-state index is -4.53. The zero-order valence-corrected chi connectivity index (χ0v) is 17.4. The predicted octanol–water partition coefficient (Wildman–Crippen LogP) is 0.248. The van der Waals surface area contributed by atoms with Gasteiger partial charge in [-0.3, -0.25) is 4.57 Å². The fourth-order valence-electron chi connectivity index (χ4n) is 2.36. The number of imidazole rings is 1. The van der Waals surface area contributed by atoms with Crippen LogP contribution in [0.25, 0.3) is 16.9 Å². The van der Waals surface area contributed by atoms with Crippen molar-refractivity contribution in [3.05, 3.63) is 59.8 Å². The first-order valence-corrected chi connectivity index (χ1v) is 8.73. The van der Waals surface area contributed by atoms with Crippen LogP contribution in [0.2, 0.25) is 5.15 Å². The van der Waals surface area contributed by atoms with Crippen molar-refractivity contribution in [1.29, 1.82) is 0 Å². The third-order valence-corrected chi connectivity index (χ3v) is 4.68. The molecule has 130 valence electrons. The van der Waals surface area contributed by atoms with Gasteiger partial charge in [0.05, 0.1) is 17.7 Å². The van der Waals surface area contributed by atoms with Gasteiger partial charge in [-0.15, -0.1) is 0 Å². The molecule has 3 rings (SSSR count). The van der Waals surface area contributed by atoms with Crippen molar-refractivity contribution in [2.24, 2.45) is 0 Å². The van der Waals surface area contributed by atoms with Gasteiger partial charge < -0.3 is 9.29 Å². The summed E-state index contributed by atoms with van der Waals surface area (Å²) in [5, 5.41) is 0.175. The Hall–Kier alpha value is -1.42. The molecule has 6 nitrogen and oxygen atoms in total. The molecular formula is C16H11ClFN2NaO4S. The van der Waals surface area contributed by atoms with E-state index in [1.54, 1.807) is 4.57 Å². The summed E-state index contributed by atoms with van der Waals surface area (Å²) in [6, 6.07) is 9.54. The van der Waals surface area contributed by atoms with Crippen LogP contribution in [0.1, 0.15) is 0 Å². The summed E-state index contributed by atoms with van der Waals surface area (Å²) < 4.78 is 53.3. The Morgan fingerprint density at radius 1 is 1.19 bits per heavy atom. The van der Waals surface area contributed by atoms with Crippen molar-refractivity contribution >= 4 is 21.7 Å². The van der Waals surface area contributed by atoms with E-state index in [1.807, 2.05) is 0 Å². The molecule has 0 radical (unpaired) electrons. The van der Waals surface area contributed by atoms with Crippen LogP contribution in [0, 0.1) is 5.82 Å². The Morgan fingerprint density at radius 2 is 1.85 bits per heavy atom. The summed E-state index contributed by atoms with van der Waals surface area (Å²) in [5.41, 5.74) is 1.56. The smallest absolute Gasteiger partial charge is 0.744 e. The van der Waals surface area contributed by atoms with Gasteiger partial charge in [0.2, 0.25) is 0 Å². The number of hydrogen-bond donors (Lipinski definition) is 0. The monoisotopic (exact) mass is 404 g/mol. The maximum absolute atomic E-state index is 13.6. The Labute approximate surface area is 176 Å². The summed E-state index contributed by atoms with van der Waals surface area (Å²) in [7, 11) is -3.18. The summed E-state index contributed by atoms with van der Waals surface area (Å²) in [4.78, 5) is 3.69. The number of benzene rings is 2. The van der Waals surface area contributed by atoms with Gasteiger partial charge in [-0.2, -0.15) is 0 Å². The second-order valence-corrected chi connectivity index (χ2v) is 6.79. The second-order valence-electron chi connectivity index (χ2n) is 5.05. The zero-order chi connectivity index (χ0) is 18.2. The van der Waals surface area contributed by atoms with E-state index < -0.39 is 15.9 Å². The van der Waals surface area contributed by atoms with E-state index in [2.05, 4.69) is 4.98 Å². The van der Waals surface area contributed by atoms with E-state index in [4.69, 9.17) is 16.3 Å². The van der Waals surface area contributed by atoms with Crippen molar-refractivity contribution in [2.45, 2.75) is 4.90 Å². The van der Waals surface area contributed by atoms with Gasteiger partial charge in [-0.05, 0) is 42.5 Å². The molecule has 0 aliphatic carbocycles. The minimum absolute atomic E-state index is 0. The largest absolute Gasteiger partial charge is 1.00 e. The van der Waals surface area contributed by atoms with E-state index in [0.29, 0.717) is 16.9 Å². The fraction of sp³-hybridized carbons (Fsp3) is 0.0625. The van der Waals surface area contributed by atoms with Crippen LogP contribution in [0.3, 0.4) is 0 Å². The zero-order valence-electron chi connectivity index (χ0n) is 13.8. The summed E-state index contributed by atoms with van der Waals surface area (Å²) in [6.45, 7) is 0. The molecule has 1 aromatic heterocycles. The van der Waals surface area contributed by atoms with E-state index in [9.17, 15) is 17.4 Å². The van der Waals surface area contributed by atoms with Crippen LogP contribution in [0.5, 0.6) is 5.75 Å². The second kappa shape index (κ2) is 8.08. The van der Waals surface area contributed by atoms with Crippen LogP contribution >= 0.6 is 11.6 Å². The molecule has 2 aromatic carbocycles. The number of halogens is 2. The molecule has 0 atom stereocenters. The van der Waals surface area contributed by atoms with Crippen molar-refractivity contribution in [1.82, 2.24) is 9.55 Å². The molecule has 0 aliphatic rings. The topological polar surface area (TPSA) is 84.2 Å². The van der Waals surface area contributed by atoms with Crippen LogP contribution in [-0.4, -0.2) is 29.6 Å². The minimum Gasteiger partial charge on any atom is -0.744 e. The van der Waals surface area contributed by atoms with Gasteiger partial charge in [0.1, 0.15) is 16.4 Å². The molecule has 0 saturated heterocycles. The summed E-state index contributed by atoms with van der Waals surface area (Å²) in [5.74, 6) is -0.465. The number of rotatable bonds is 4. The SMILES string of the molecule is COc1cc(-c2c(Cl)ncn2-c2ccc(S(=O)(=O)[O-])cc2)ccc1F.[Na+]. The number of methoxy groups -OCH3 is 1. The third kappa shape index (κ3) is 4.11. The molecule has 0 saturated carbocycles. The van der Waals surface area contributed by atoms with Crippen molar-refractivity contribution in [3.8, 4) is 22.7 Å². The Balaban J connectivity index is 0.00000243. The van der Waals surface area contributed by atoms with Crippen LogP contribution in [-0.2, 0) is 10.1 Å². The molecule has 0 unspecified atom stereocenters. The molecule has 0 aliphatic heterocycles. The number of nitrogens with zero attached hydrogens (tertiary/aromatic N) is 2. The molecule has 0 N–H and O–H groups in total. The van der Waals surface area contributed by atoms with Crippen LogP contribution < -0.4 is 34.3 Å². The molecule has 0 amide bonds. The molecule has 26 heavy (non-hydrogen) atoms. The van der Waals surface area contributed by atoms with Gasteiger partial charge in [-0.25, -0.2) is 17.8 Å².